The number of halogens is 1. The highest BCUT2D eigenvalue weighted by Crippen LogP contribution is 2.63. The second-order valence-corrected chi connectivity index (χ2v) is 10.4. The van der Waals surface area contributed by atoms with Crippen LogP contribution in [0.1, 0.15) is 49.5 Å². The molecule has 2 spiro atoms. The summed E-state index contributed by atoms with van der Waals surface area (Å²) in [6.45, 7) is 0.456. The molecule has 36 heavy (non-hydrogen) atoms. The van der Waals surface area contributed by atoms with Gasteiger partial charge < -0.3 is 5.32 Å². The number of Topliss-reactive ketones (excluding diaryl/α,β-unsaturated/α-hetero) is 3. The fraction of sp³-hybridized carbons (Fsp3) is 0.241. The van der Waals surface area contributed by atoms with Gasteiger partial charge in [0.2, 0.25) is 5.91 Å². The number of carbonyl (C=O) groups excluding carboxylic acids is 4. The van der Waals surface area contributed by atoms with Crippen molar-refractivity contribution in [2.75, 3.05) is 11.9 Å². The Bertz CT molecular complexity index is 1480. The van der Waals surface area contributed by atoms with Crippen LogP contribution in [0.3, 0.4) is 0 Å². The van der Waals surface area contributed by atoms with Crippen LogP contribution in [0.15, 0.2) is 72.8 Å². The molecule has 0 aromatic heterocycles. The van der Waals surface area contributed by atoms with Crippen molar-refractivity contribution in [2.24, 2.45) is 5.92 Å². The third-order valence-electron chi connectivity index (χ3n) is 8.60. The minimum Gasteiger partial charge on any atom is -0.325 e. The molecule has 0 radical (unpaired) electrons. The minimum atomic E-state index is -1.78. The normalized spacial score (nSPS) is 27.4. The fourth-order valence-electron chi connectivity index (χ4n) is 7.36. The van der Waals surface area contributed by atoms with Crippen molar-refractivity contribution in [3.05, 3.63) is 100 Å². The maximum Gasteiger partial charge on any atom is 0.237 e. The second-order valence-electron chi connectivity index (χ2n) is 9.99. The lowest BCUT2D eigenvalue weighted by Crippen LogP contribution is -2.60. The number of carbonyl (C=O) groups is 4. The molecule has 3 aliphatic heterocycles. The van der Waals surface area contributed by atoms with Gasteiger partial charge in [-0.1, -0.05) is 54.1 Å². The maximum absolute atomic E-state index is 14.6. The highest BCUT2D eigenvalue weighted by Gasteiger charge is 2.80. The first-order chi connectivity index (χ1) is 17.4. The zero-order valence-electron chi connectivity index (χ0n) is 19.2. The van der Waals surface area contributed by atoms with Crippen LogP contribution in [-0.4, -0.2) is 46.3 Å². The average Bonchev–Trinajstić information content (AvgIpc) is 3.60. The van der Waals surface area contributed by atoms with Crippen molar-refractivity contribution < 1.29 is 19.2 Å². The Kier molecular flexibility index (Phi) is 4.34. The molecule has 2 fully saturated rings. The second kappa shape index (κ2) is 7.21. The quantitative estimate of drug-likeness (QED) is 0.422. The molecule has 4 aliphatic rings. The third kappa shape index (κ3) is 2.32. The Morgan fingerprint density at radius 1 is 0.889 bits per heavy atom. The van der Waals surface area contributed by atoms with E-state index < -0.39 is 40.3 Å². The number of rotatable bonds is 2. The van der Waals surface area contributed by atoms with Crippen LogP contribution in [0.4, 0.5) is 5.69 Å². The molecule has 1 N–H and O–H groups in total. The predicted molar refractivity (Wildman–Crippen MR) is 134 cm³/mol. The lowest BCUT2D eigenvalue weighted by Gasteiger charge is -2.37. The molecule has 3 unspecified atom stereocenters. The lowest BCUT2D eigenvalue weighted by atomic mass is 9.60. The molecule has 178 valence electrons. The summed E-state index contributed by atoms with van der Waals surface area (Å²) in [6, 6.07) is 20.0. The Morgan fingerprint density at radius 2 is 1.53 bits per heavy atom. The van der Waals surface area contributed by atoms with Crippen molar-refractivity contribution >= 4 is 40.5 Å². The van der Waals surface area contributed by atoms with Crippen LogP contribution in [0, 0.1) is 5.92 Å². The lowest BCUT2D eigenvalue weighted by molar-refractivity contribution is -0.122. The van der Waals surface area contributed by atoms with E-state index in [4.69, 9.17) is 11.6 Å². The van der Waals surface area contributed by atoms with Crippen LogP contribution in [-0.2, 0) is 10.2 Å². The number of amides is 1. The largest absolute Gasteiger partial charge is 0.325 e. The van der Waals surface area contributed by atoms with Gasteiger partial charge in [-0.15, -0.1) is 0 Å². The molecule has 1 aliphatic carbocycles. The summed E-state index contributed by atoms with van der Waals surface area (Å²) in [5.41, 5.74) is -0.925. The number of hydrogen-bond donors (Lipinski definition) is 1. The Labute approximate surface area is 212 Å². The molecule has 7 rings (SSSR count). The summed E-state index contributed by atoms with van der Waals surface area (Å²) in [5.74, 6) is -2.75. The molecule has 7 heteroatoms. The van der Waals surface area contributed by atoms with E-state index in [1.54, 1.807) is 48.5 Å². The highest BCUT2D eigenvalue weighted by atomic mass is 35.5. The zero-order chi connectivity index (χ0) is 24.8. The molecule has 3 aromatic carbocycles. The van der Waals surface area contributed by atoms with Crippen LogP contribution in [0.25, 0.3) is 0 Å². The third-order valence-corrected chi connectivity index (χ3v) is 8.85. The van der Waals surface area contributed by atoms with Crippen molar-refractivity contribution in [3.8, 4) is 0 Å². The van der Waals surface area contributed by atoms with Gasteiger partial charge in [-0.3, -0.25) is 24.1 Å². The number of hydrogen-bond acceptors (Lipinski definition) is 5. The van der Waals surface area contributed by atoms with Crippen molar-refractivity contribution in [1.82, 2.24) is 4.90 Å². The number of anilines is 1. The van der Waals surface area contributed by atoms with E-state index in [0.29, 0.717) is 45.9 Å². The number of benzene rings is 3. The first kappa shape index (κ1) is 21.7. The SMILES string of the molecule is O=C(c1ccc(Cl)cc1)C1C2(C(=O)Nc3ccccc32)C2CCCN2C12C(=O)c1ccccc1C2=O. The first-order valence-corrected chi connectivity index (χ1v) is 12.5. The van der Waals surface area contributed by atoms with E-state index in [-0.39, 0.29) is 5.91 Å². The summed E-state index contributed by atoms with van der Waals surface area (Å²) >= 11 is 6.10. The fourth-order valence-corrected chi connectivity index (χ4v) is 7.49. The average molecular weight is 497 g/mol. The van der Waals surface area contributed by atoms with Gasteiger partial charge in [-0.05, 0) is 55.3 Å². The molecule has 0 bridgehead atoms. The molecule has 3 heterocycles. The van der Waals surface area contributed by atoms with Gasteiger partial charge in [0.1, 0.15) is 5.41 Å². The standard InChI is InChI=1S/C29H21ClN2O4/c30-17-13-11-16(12-14-17)23(33)24-28(20-8-3-4-9-21(20)31-27(28)36)22-10-5-15-32(22)29(24)25(34)18-6-1-2-7-19(18)26(29)35/h1-4,6-9,11-14,22,24H,5,10,15H2,(H,31,36). The first-order valence-electron chi connectivity index (χ1n) is 12.1. The molecule has 2 saturated heterocycles. The number of fused-ring (bicyclic) bond motifs is 6. The number of nitrogens with zero attached hydrogens (tertiary/aromatic N) is 1. The highest BCUT2D eigenvalue weighted by molar-refractivity contribution is 6.36. The Morgan fingerprint density at radius 3 is 2.22 bits per heavy atom. The van der Waals surface area contributed by atoms with Crippen molar-refractivity contribution in [3.63, 3.8) is 0 Å². The molecule has 1 amide bonds. The van der Waals surface area contributed by atoms with Gasteiger partial charge in [0.05, 0.1) is 5.92 Å². The van der Waals surface area contributed by atoms with Gasteiger partial charge in [0.15, 0.2) is 22.9 Å². The summed E-state index contributed by atoms with van der Waals surface area (Å²) < 4.78 is 0. The molecular formula is C29H21ClN2O4. The van der Waals surface area contributed by atoms with E-state index in [2.05, 4.69) is 5.32 Å². The van der Waals surface area contributed by atoms with E-state index in [9.17, 15) is 19.2 Å². The summed E-state index contributed by atoms with van der Waals surface area (Å²) in [7, 11) is 0. The summed E-state index contributed by atoms with van der Waals surface area (Å²) in [4.78, 5) is 59.3. The predicted octanol–water partition coefficient (Wildman–Crippen LogP) is 4.33. The topological polar surface area (TPSA) is 83.6 Å². The van der Waals surface area contributed by atoms with Gasteiger partial charge in [-0.25, -0.2) is 0 Å². The van der Waals surface area contributed by atoms with Crippen LogP contribution in [0.5, 0.6) is 0 Å². The van der Waals surface area contributed by atoms with E-state index >= 15 is 0 Å². The molecule has 3 atom stereocenters. The smallest absolute Gasteiger partial charge is 0.237 e. The minimum absolute atomic E-state index is 0.311. The van der Waals surface area contributed by atoms with Crippen LogP contribution < -0.4 is 5.32 Å². The van der Waals surface area contributed by atoms with Crippen LogP contribution >= 0.6 is 11.6 Å². The molecule has 6 nitrogen and oxygen atoms in total. The van der Waals surface area contributed by atoms with Gasteiger partial charge in [0.25, 0.3) is 0 Å². The Balaban J connectivity index is 1.57. The summed E-state index contributed by atoms with van der Waals surface area (Å²) in [6.07, 6.45) is 1.33. The number of nitrogens with one attached hydrogen (secondary N) is 1. The summed E-state index contributed by atoms with van der Waals surface area (Å²) in [5, 5.41) is 3.45. The maximum atomic E-state index is 14.6. The molecule has 0 saturated carbocycles. The van der Waals surface area contributed by atoms with Gasteiger partial charge in [0, 0.05) is 33.4 Å². The number of ketones is 3. The van der Waals surface area contributed by atoms with Gasteiger partial charge in [-0.2, -0.15) is 0 Å². The Hall–Kier alpha value is -3.61. The van der Waals surface area contributed by atoms with E-state index in [0.717, 1.165) is 6.42 Å². The van der Waals surface area contributed by atoms with Crippen LogP contribution in [0.2, 0.25) is 5.02 Å². The zero-order valence-corrected chi connectivity index (χ0v) is 19.9. The number of para-hydroxylation sites is 1. The molecular weight excluding hydrogens is 476 g/mol. The van der Waals surface area contributed by atoms with E-state index in [1.807, 2.05) is 29.2 Å². The van der Waals surface area contributed by atoms with Crippen molar-refractivity contribution in [1.29, 1.82) is 0 Å². The molecule has 3 aromatic rings. The van der Waals surface area contributed by atoms with Gasteiger partial charge >= 0.3 is 0 Å². The monoisotopic (exact) mass is 496 g/mol. The van der Waals surface area contributed by atoms with E-state index in [1.165, 1.54) is 0 Å². The van der Waals surface area contributed by atoms with Crippen molar-refractivity contribution in [2.45, 2.75) is 29.8 Å².